The minimum absolute atomic E-state index is 0.184. The van der Waals surface area contributed by atoms with Crippen LogP contribution >= 0.6 is 0 Å². The minimum atomic E-state index is -0.579. The van der Waals surface area contributed by atoms with Crippen LogP contribution in [0.5, 0.6) is 0 Å². The van der Waals surface area contributed by atoms with Crippen LogP contribution < -0.4 is 5.32 Å². The van der Waals surface area contributed by atoms with Crippen LogP contribution in [0.1, 0.15) is 16.7 Å². The van der Waals surface area contributed by atoms with E-state index in [4.69, 9.17) is 10.00 Å². The van der Waals surface area contributed by atoms with Crippen molar-refractivity contribution in [3.05, 3.63) is 71.5 Å². The van der Waals surface area contributed by atoms with Crippen molar-refractivity contribution >= 4 is 11.9 Å². The highest BCUT2D eigenvalue weighted by molar-refractivity contribution is 5.84. The molecule has 0 spiro atoms. The number of amides is 1. The van der Waals surface area contributed by atoms with E-state index in [1.54, 1.807) is 18.3 Å². The molecular formula is C18H15N5O2. The summed E-state index contributed by atoms with van der Waals surface area (Å²) in [6, 6.07) is 14.8. The summed E-state index contributed by atoms with van der Waals surface area (Å²) in [7, 11) is 0. The molecule has 1 N–H and O–H groups in total. The topological polar surface area (TPSA) is 92.8 Å². The van der Waals surface area contributed by atoms with Crippen molar-refractivity contribution in [2.45, 2.75) is 13.5 Å². The van der Waals surface area contributed by atoms with E-state index < -0.39 is 6.09 Å². The maximum absolute atomic E-state index is 11.9. The molecule has 0 aliphatic carbocycles. The molecule has 1 amide bonds. The molecule has 0 bridgehead atoms. The summed E-state index contributed by atoms with van der Waals surface area (Å²) in [5, 5.41) is 15.7. The Bertz CT molecular complexity index is 911. The van der Waals surface area contributed by atoms with Gasteiger partial charge in [-0.25, -0.2) is 14.5 Å². The third-order valence-corrected chi connectivity index (χ3v) is 3.44. The lowest BCUT2D eigenvalue weighted by molar-refractivity contribution is 0.155. The van der Waals surface area contributed by atoms with Crippen LogP contribution in [0.25, 0.3) is 5.82 Å². The number of hydrogen-bond donors (Lipinski definition) is 1. The van der Waals surface area contributed by atoms with Crippen LogP contribution in [0.15, 0.2) is 54.9 Å². The molecule has 124 valence electrons. The van der Waals surface area contributed by atoms with Crippen molar-refractivity contribution < 1.29 is 9.53 Å². The molecular weight excluding hydrogens is 318 g/mol. The van der Waals surface area contributed by atoms with Crippen molar-refractivity contribution in [1.29, 1.82) is 5.26 Å². The summed E-state index contributed by atoms with van der Waals surface area (Å²) in [6.07, 6.45) is 2.62. The van der Waals surface area contributed by atoms with E-state index in [9.17, 15) is 4.79 Å². The minimum Gasteiger partial charge on any atom is -0.444 e. The molecule has 2 aromatic heterocycles. The maximum atomic E-state index is 11.9. The Morgan fingerprint density at radius 3 is 2.76 bits per heavy atom. The Morgan fingerprint density at radius 1 is 1.28 bits per heavy atom. The van der Waals surface area contributed by atoms with Crippen LogP contribution in [0.2, 0.25) is 0 Å². The standard InChI is InChI=1S/C18H15N5O2/c1-13-11-23(16-8-7-15(9-19)10-20-16)22-17(13)21-18(24)25-12-14-5-3-2-4-6-14/h2-8,10-11H,12H2,1H3,(H,21,22,24). The zero-order valence-electron chi connectivity index (χ0n) is 13.5. The Kier molecular flexibility index (Phi) is 4.72. The largest absolute Gasteiger partial charge is 0.444 e. The first-order valence-corrected chi connectivity index (χ1v) is 7.56. The van der Waals surface area contributed by atoms with Gasteiger partial charge >= 0.3 is 6.09 Å². The Balaban J connectivity index is 1.65. The second-order valence-corrected chi connectivity index (χ2v) is 5.31. The van der Waals surface area contributed by atoms with Gasteiger partial charge in [-0.1, -0.05) is 30.3 Å². The molecule has 1 aromatic carbocycles. The van der Waals surface area contributed by atoms with E-state index in [1.165, 1.54) is 10.9 Å². The van der Waals surface area contributed by atoms with Crippen molar-refractivity contribution in [2.24, 2.45) is 0 Å². The second kappa shape index (κ2) is 7.27. The predicted molar refractivity (Wildman–Crippen MR) is 91.1 cm³/mol. The average Bonchev–Trinajstić information content (AvgIpc) is 3.01. The number of nitrogens with zero attached hydrogens (tertiary/aromatic N) is 4. The number of rotatable bonds is 4. The molecule has 0 aliphatic heterocycles. The second-order valence-electron chi connectivity index (χ2n) is 5.31. The molecule has 0 aliphatic rings. The Hall–Kier alpha value is -3.66. The highest BCUT2D eigenvalue weighted by atomic mass is 16.5. The molecule has 0 saturated carbocycles. The summed E-state index contributed by atoms with van der Waals surface area (Å²) < 4.78 is 6.71. The number of hydrogen-bond acceptors (Lipinski definition) is 5. The first kappa shape index (κ1) is 16.2. The fraction of sp³-hybridized carbons (Fsp3) is 0.111. The quantitative estimate of drug-likeness (QED) is 0.791. The lowest BCUT2D eigenvalue weighted by Gasteiger charge is -2.05. The van der Waals surface area contributed by atoms with Gasteiger partial charge in [0.1, 0.15) is 12.7 Å². The van der Waals surface area contributed by atoms with E-state index in [0.29, 0.717) is 17.2 Å². The number of aromatic nitrogens is 3. The van der Waals surface area contributed by atoms with Crippen molar-refractivity contribution in [2.75, 3.05) is 5.32 Å². The number of pyridine rings is 1. The summed E-state index contributed by atoms with van der Waals surface area (Å²) in [4.78, 5) is 16.1. The van der Waals surface area contributed by atoms with Gasteiger partial charge in [0, 0.05) is 18.0 Å². The van der Waals surface area contributed by atoms with Gasteiger partial charge in [-0.2, -0.15) is 5.26 Å². The fourth-order valence-corrected chi connectivity index (χ4v) is 2.14. The number of aryl methyl sites for hydroxylation is 1. The molecule has 0 fully saturated rings. The molecule has 7 nitrogen and oxygen atoms in total. The smallest absolute Gasteiger partial charge is 0.413 e. The molecule has 7 heteroatoms. The molecule has 3 rings (SSSR count). The average molecular weight is 333 g/mol. The number of carbonyl (C=O) groups is 1. The van der Waals surface area contributed by atoms with Gasteiger partial charge < -0.3 is 4.74 Å². The Labute approximate surface area is 144 Å². The number of benzene rings is 1. The summed E-state index contributed by atoms with van der Waals surface area (Å²) in [5.74, 6) is 0.942. The highest BCUT2D eigenvalue weighted by Gasteiger charge is 2.11. The van der Waals surface area contributed by atoms with Crippen molar-refractivity contribution in [1.82, 2.24) is 14.8 Å². The Morgan fingerprint density at radius 2 is 2.08 bits per heavy atom. The monoisotopic (exact) mass is 333 g/mol. The number of anilines is 1. The third kappa shape index (κ3) is 4.00. The zero-order chi connectivity index (χ0) is 17.6. The van der Waals surface area contributed by atoms with Crippen LogP contribution in [0.4, 0.5) is 10.6 Å². The van der Waals surface area contributed by atoms with Crippen molar-refractivity contribution in [3.8, 4) is 11.9 Å². The SMILES string of the molecule is Cc1cn(-c2ccc(C#N)cn2)nc1NC(=O)OCc1ccccc1. The fourth-order valence-electron chi connectivity index (χ4n) is 2.14. The molecule has 0 unspecified atom stereocenters. The lowest BCUT2D eigenvalue weighted by atomic mass is 10.2. The van der Waals surface area contributed by atoms with Crippen molar-refractivity contribution in [3.63, 3.8) is 0 Å². The predicted octanol–water partition coefficient (Wildman–Crippen LogP) is 3.20. The number of nitriles is 1. The molecule has 3 aromatic rings. The zero-order valence-corrected chi connectivity index (χ0v) is 13.5. The molecule has 0 saturated heterocycles. The van der Waals surface area contributed by atoms with Gasteiger partial charge in [-0.15, -0.1) is 5.10 Å². The van der Waals surface area contributed by atoms with E-state index in [2.05, 4.69) is 15.4 Å². The summed E-state index contributed by atoms with van der Waals surface area (Å²) in [6.45, 7) is 2.00. The molecule has 25 heavy (non-hydrogen) atoms. The summed E-state index contributed by atoms with van der Waals surface area (Å²) >= 11 is 0. The van der Waals surface area contributed by atoms with Gasteiger partial charge in [0.2, 0.25) is 0 Å². The third-order valence-electron chi connectivity index (χ3n) is 3.44. The van der Waals surface area contributed by atoms with E-state index >= 15 is 0 Å². The van der Waals surface area contributed by atoms with Gasteiger partial charge in [0.25, 0.3) is 0 Å². The van der Waals surface area contributed by atoms with Gasteiger partial charge in [-0.3, -0.25) is 5.32 Å². The maximum Gasteiger partial charge on any atom is 0.413 e. The van der Waals surface area contributed by atoms with E-state index in [1.807, 2.05) is 43.3 Å². The highest BCUT2D eigenvalue weighted by Crippen LogP contribution is 2.15. The van der Waals surface area contributed by atoms with Crippen LogP contribution in [0, 0.1) is 18.3 Å². The van der Waals surface area contributed by atoms with Crippen LogP contribution in [0.3, 0.4) is 0 Å². The first-order chi connectivity index (χ1) is 12.2. The van der Waals surface area contributed by atoms with Gasteiger partial charge in [0.05, 0.1) is 5.56 Å². The molecule has 2 heterocycles. The first-order valence-electron chi connectivity index (χ1n) is 7.56. The summed E-state index contributed by atoms with van der Waals surface area (Å²) in [5.41, 5.74) is 2.14. The van der Waals surface area contributed by atoms with E-state index in [0.717, 1.165) is 11.1 Å². The van der Waals surface area contributed by atoms with Gasteiger partial charge in [-0.05, 0) is 24.6 Å². The number of ether oxygens (including phenoxy) is 1. The number of carbonyl (C=O) groups excluding carboxylic acids is 1. The number of nitrogens with one attached hydrogen (secondary N) is 1. The molecule has 0 radical (unpaired) electrons. The van der Waals surface area contributed by atoms with Crippen LogP contribution in [-0.2, 0) is 11.3 Å². The van der Waals surface area contributed by atoms with Crippen LogP contribution in [-0.4, -0.2) is 20.9 Å². The van der Waals surface area contributed by atoms with Gasteiger partial charge in [0.15, 0.2) is 11.6 Å². The lowest BCUT2D eigenvalue weighted by Crippen LogP contribution is -2.14. The van der Waals surface area contributed by atoms with E-state index in [-0.39, 0.29) is 6.61 Å². The normalized spacial score (nSPS) is 10.1. The molecule has 0 atom stereocenters.